The van der Waals surface area contributed by atoms with Gasteiger partial charge in [-0.3, -0.25) is 4.79 Å². The third-order valence-corrected chi connectivity index (χ3v) is 3.09. The lowest BCUT2D eigenvalue weighted by atomic mass is 9.86. The molecular formula is C12H22O2. The maximum Gasteiger partial charge on any atom is 0.140 e. The lowest BCUT2D eigenvalue weighted by molar-refractivity contribution is -0.128. The molecule has 1 rings (SSSR count). The van der Waals surface area contributed by atoms with Crippen molar-refractivity contribution in [1.82, 2.24) is 0 Å². The highest BCUT2D eigenvalue weighted by Gasteiger charge is 2.32. The number of ketones is 1. The van der Waals surface area contributed by atoms with Crippen LogP contribution in [-0.2, 0) is 9.53 Å². The van der Waals surface area contributed by atoms with Crippen molar-refractivity contribution in [3.63, 3.8) is 0 Å². The Morgan fingerprint density at radius 1 is 1.36 bits per heavy atom. The molecule has 0 spiro atoms. The predicted molar refractivity (Wildman–Crippen MR) is 57.2 cm³/mol. The molecule has 0 aromatic rings. The van der Waals surface area contributed by atoms with E-state index in [0.717, 1.165) is 6.42 Å². The third-order valence-electron chi connectivity index (χ3n) is 3.09. The van der Waals surface area contributed by atoms with Crippen LogP contribution in [0.5, 0.6) is 0 Å². The van der Waals surface area contributed by atoms with Crippen LogP contribution in [0.2, 0.25) is 0 Å². The molecule has 1 saturated heterocycles. The average Bonchev–Trinajstić information content (AvgIpc) is 2.29. The summed E-state index contributed by atoms with van der Waals surface area (Å²) >= 11 is 0. The predicted octanol–water partition coefficient (Wildman–Crippen LogP) is 2.81. The van der Waals surface area contributed by atoms with Gasteiger partial charge >= 0.3 is 0 Å². The van der Waals surface area contributed by atoms with Crippen molar-refractivity contribution >= 4 is 5.78 Å². The van der Waals surface area contributed by atoms with Crippen molar-refractivity contribution in [1.29, 1.82) is 0 Å². The van der Waals surface area contributed by atoms with Gasteiger partial charge in [0, 0.05) is 11.8 Å². The molecule has 2 heteroatoms. The number of ether oxygens (including phenoxy) is 1. The molecule has 0 aliphatic carbocycles. The van der Waals surface area contributed by atoms with Gasteiger partial charge in [-0.05, 0) is 19.3 Å². The minimum Gasteiger partial charge on any atom is -0.375 e. The van der Waals surface area contributed by atoms with E-state index < -0.39 is 0 Å². The quantitative estimate of drug-likeness (QED) is 0.682. The summed E-state index contributed by atoms with van der Waals surface area (Å²) in [6.07, 6.45) is 2.08. The molecule has 0 saturated carbocycles. The average molecular weight is 198 g/mol. The number of hydrogen-bond donors (Lipinski definition) is 0. The van der Waals surface area contributed by atoms with Gasteiger partial charge < -0.3 is 4.74 Å². The number of carbonyl (C=O) groups is 1. The van der Waals surface area contributed by atoms with Gasteiger partial charge in [-0.1, -0.05) is 27.7 Å². The van der Waals surface area contributed by atoms with Crippen molar-refractivity contribution in [3.05, 3.63) is 0 Å². The van der Waals surface area contributed by atoms with Crippen molar-refractivity contribution < 1.29 is 9.53 Å². The maximum atomic E-state index is 11.8. The molecule has 3 unspecified atom stereocenters. The largest absolute Gasteiger partial charge is 0.375 e. The minimum absolute atomic E-state index is 0.159. The molecule has 1 aliphatic rings. The van der Waals surface area contributed by atoms with Crippen LogP contribution in [0.15, 0.2) is 0 Å². The van der Waals surface area contributed by atoms with E-state index in [1.54, 1.807) is 0 Å². The molecule has 14 heavy (non-hydrogen) atoms. The fraction of sp³-hybridized carbons (Fsp3) is 0.917. The Morgan fingerprint density at radius 2 is 1.93 bits per heavy atom. The van der Waals surface area contributed by atoms with E-state index in [-0.39, 0.29) is 11.5 Å². The molecule has 0 N–H and O–H groups in total. The van der Waals surface area contributed by atoms with Crippen LogP contribution in [-0.4, -0.2) is 18.0 Å². The zero-order chi connectivity index (χ0) is 10.9. The van der Waals surface area contributed by atoms with Gasteiger partial charge in [0.2, 0.25) is 0 Å². The van der Waals surface area contributed by atoms with E-state index in [0.29, 0.717) is 24.2 Å². The first kappa shape index (κ1) is 11.7. The molecule has 82 valence electrons. The maximum absolute atomic E-state index is 11.8. The van der Waals surface area contributed by atoms with Crippen LogP contribution in [0.25, 0.3) is 0 Å². The lowest BCUT2D eigenvalue weighted by Crippen LogP contribution is -2.25. The van der Waals surface area contributed by atoms with Gasteiger partial charge in [-0.2, -0.15) is 0 Å². The fourth-order valence-electron chi connectivity index (χ4n) is 1.74. The molecule has 0 aromatic heterocycles. The van der Waals surface area contributed by atoms with E-state index in [4.69, 9.17) is 4.74 Å². The van der Waals surface area contributed by atoms with E-state index >= 15 is 0 Å². The summed E-state index contributed by atoms with van der Waals surface area (Å²) in [4.78, 5) is 11.8. The SMILES string of the molecule is CC1CC(CC(=O)C(C)(C)C)OC1C. The normalized spacial score (nSPS) is 33.4. The first-order chi connectivity index (χ1) is 6.30. The summed E-state index contributed by atoms with van der Waals surface area (Å²) in [5.74, 6) is 0.900. The van der Waals surface area contributed by atoms with Gasteiger partial charge in [0.05, 0.1) is 12.2 Å². The molecule has 3 atom stereocenters. The molecule has 2 nitrogen and oxygen atoms in total. The van der Waals surface area contributed by atoms with Crippen LogP contribution in [0, 0.1) is 11.3 Å². The Morgan fingerprint density at radius 3 is 2.29 bits per heavy atom. The summed E-state index contributed by atoms with van der Waals surface area (Å²) in [6.45, 7) is 10.2. The molecule has 0 radical (unpaired) electrons. The highest BCUT2D eigenvalue weighted by Crippen LogP contribution is 2.30. The Bertz CT molecular complexity index is 205. The molecule has 0 aromatic carbocycles. The highest BCUT2D eigenvalue weighted by atomic mass is 16.5. The molecule has 1 fully saturated rings. The fourth-order valence-corrected chi connectivity index (χ4v) is 1.74. The molecule has 1 aliphatic heterocycles. The Kier molecular flexibility index (Phi) is 3.36. The molecular weight excluding hydrogens is 176 g/mol. The minimum atomic E-state index is -0.224. The first-order valence-corrected chi connectivity index (χ1v) is 5.49. The van der Waals surface area contributed by atoms with E-state index in [9.17, 15) is 4.79 Å². The second kappa shape index (κ2) is 4.01. The van der Waals surface area contributed by atoms with Gasteiger partial charge in [0.1, 0.15) is 5.78 Å². The van der Waals surface area contributed by atoms with Crippen LogP contribution in [0.4, 0.5) is 0 Å². The van der Waals surface area contributed by atoms with Gasteiger partial charge in [-0.25, -0.2) is 0 Å². The van der Waals surface area contributed by atoms with Gasteiger partial charge in [0.25, 0.3) is 0 Å². The Labute approximate surface area is 87.0 Å². The van der Waals surface area contributed by atoms with Crippen LogP contribution < -0.4 is 0 Å². The number of hydrogen-bond acceptors (Lipinski definition) is 2. The van der Waals surface area contributed by atoms with E-state index in [2.05, 4.69) is 13.8 Å². The second-order valence-electron chi connectivity index (χ2n) is 5.55. The molecule has 1 heterocycles. The van der Waals surface area contributed by atoms with Crippen molar-refractivity contribution in [2.24, 2.45) is 11.3 Å². The first-order valence-electron chi connectivity index (χ1n) is 5.49. The van der Waals surface area contributed by atoms with Crippen LogP contribution in [0.3, 0.4) is 0 Å². The third kappa shape index (κ3) is 2.81. The smallest absolute Gasteiger partial charge is 0.140 e. The van der Waals surface area contributed by atoms with E-state index in [1.165, 1.54) is 0 Å². The number of Topliss-reactive ketones (excluding diaryl/α,β-unsaturated/α-hetero) is 1. The zero-order valence-electron chi connectivity index (χ0n) is 9.96. The standard InChI is InChI=1S/C12H22O2/c1-8-6-10(14-9(8)2)7-11(13)12(3,4)5/h8-10H,6-7H2,1-5H3. The summed E-state index contributed by atoms with van der Waals surface area (Å²) in [5, 5.41) is 0. The summed E-state index contributed by atoms with van der Waals surface area (Å²) in [5.41, 5.74) is -0.224. The van der Waals surface area contributed by atoms with E-state index in [1.807, 2.05) is 20.8 Å². The summed E-state index contributed by atoms with van der Waals surface area (Å²) in [7, 11) is 0. The van der Waals surface area contributed by atoms with Crippen LogP contribution >= 0.6 is 0 Å². The molecule has 0 bridgehead atoms. The molecule has 0 amide bonds. The van der Waals surface area contributed by atoms with Crippen LogP contribution in [0.1, 0.15) is 47.5 Å². The Hall–Kier alpha value is -0.370. The number of rotatable bonds is 2. The second-order valence-corrected chi connectivity index (χ2v) is 5.55. The highest BCUT2D eigenvalue weighted by molar-refractivity contribution is 5.84. The summed E-state index contributed by atoms with van der Waals surface area (Å²) < 4.78 is 5.72. The van der Waals surface area contributed by atoms with Crippen molar-refractivity contribution in [2.45, 2.75) is 59.7 Å². The lowest BCUT2D eigenvalue weighted by Gasteiger charge is -2.19. The zero-order valence-corrected chi connectivity index (χ0v) is 9.96. The Balaban J connectivity index is 2.44. The van der Waals surface area contributed by atoms with Gasteiger partial charge in [-0.15, -0.1) is 0 Å². The summed E-state index contributed by atoms with van der Waals surface area (Å²) in [6, 6.07) is 0. The van der Waals surface area contributed by atoms with Crippen molar-refractivity contribution in [3.8, 4) is 0 Å². The van der Waals surface area contributed by atoms with Gasteiger partial charge in [0.15, 0.2) is 0 Å². The van der Waals surface area contributed by atoms with Crippen molar-refractivity contribution in [2.75, 3.05) is 0 Å². The monoisotopic (exact) mass is 198 g/mol. The number of carbonyl (C=O) groups excluding carboxylic acids is 1. The topological polar surface area (TPSA) is 26.3 Å².